The molecule has 2 aliphatic rings. The molecule has 0 radical (unpaired) electrons. The van der Waals surface area contributed by atoms with Gasteiger partial charge in [-0.05, 0) is 30.0 Å². The van der Waals surface area contributed by atoms with Crippen molar-refractivity contribution in [3.63, 3.8) is 0 Å². The number of nitrogen functional groups attached to an aromatic ring is 1. The minimum atomic E-state index is -0.622. The maximum atomic E-state index is 15.3. The topological polar surface area (TPSA) is 129 Å². The molecule has 2 aliphatic heterocycles. The number of nitrogens with zero attached hydrogens (tertiary/aromatic N) is 4. The van der Waals surface area contributed by atoms with Crippen LogP contribution in [0.3, 0.4) is 0 Å². The van der Waals surface area contributed by atoms with E-state index in [0.717, 1.165) is 17.1 Å². The number of carbonyl (C=O) groups is 1. The summed E-state index contributed by atoms with van der Waals surface area (Å²) >= 11 is 0. The van der Waals surface area contributed by atoms with Crippen LogP contribution >= 0.6 is 0 Å². The monoisotopic (exact) mass is 475 g/mol. The van der Waals surface area contributed by atoms with Crippen LogP contribution in [0.1, 0.15) is 11.4 Å². The number of carbonyl (C=O) groups excluding carboxylic acids is 1. The van der Waals surface area contributed by atoms with Gasteiger partial charge >= 0.3 is 6.09 Å². The van der Waals surface area contributed by atoms with Crippen LogP contribution in [0.2, 0.25) is 0 Å². The van der Waals surface area contributed by atoms with Gasteiger partial charge in [-0.3, -0.25) is 5.32 Å². The Labute approximate surface area is 199 Å². The van der Waals surface area contributed by atoms with Gasteiger partial charge in [0.25, 0.3) is 0 Å². The first-order valence-electron chi connectivity index (χ1n) is 11.2. The van der Waals surface area contributed by atoms with E-state index in [1.807, 2.05) is 17.7 Å². The van der Waals surface area contributed by atoms with Crippen LogP contribution in [0.15, 0.2) is 36.9 Å². The fourth-order valence-corrected chi connectivity index (χ4v) is 4.60. The zero-order chi connectivity index (χ0) is 24.1. The highest BCUT2D eigenvalue weighted by Gasteiger charge is 2.26. The zero-order valence-electron chi connectivity index (χ0n) is 18.8. The lowest BCUT2D eigenvalue weighted by molar-refractivity contribution is 0.111. The summed E-state index contributed by atoms with van der Waals surface area (Å²) in [5.41, 5.74) is 8.55. The van der Waals surface area contributed by atoms with E-state index in [0.29, 0.717) is 53.9 Å². The van der Waals surface area contributed by atoms with E-state index in [-0.39, 0.29) is 17.6 Å². The standard InChI is InChI=1S/C24H22FN7O3/c1-12-16(9-30-23-22(12)28-3-5-34-23)15-6-13-7-18(29-10-17(13)21(26)20(15)25)31-24(33)35-14-8-19-27-2-4-32(19)11-14/h2,4,6-7,9-10,14,28H,3,5,8,11,26H2,1H3,(H,29,31,33)/t14-/m1/s1. The van der Waals surface area contributed by atoms with Gasteiger partial charge in [0.15, 0.2) is 5.82 Å². The quantitative estimate of drug-likeness (QED) is 0.384. The van der Waals surface area contributed by atoms with Gasteiger partial charge in [-0.1, -0.05) is 0 Å². The fourth-order valence-electron chi connectivity index (χ4n) is 4.60. The molecule has 5 heterocycles. The molecule has 6 rings (SSSR count). The highest BCUT2D eigenvalue weighted by molar-refractivity contribution is 5.99. The second-order valence-corrected chi connectivity index (χ2v) is 8.55. The van der Waals surface area contributed by atoms with E-state index in [2.05, 4.69) is 25.6 Å². The molecule has 0 saturated heterocycles. The van der Waals surface area contributed by atoms with Crippen molar-refractivity contribution in [2.75, 3.05) is 29.5 Å². The number of nitrogens with one attached hydrogen (secondary N) is 2. The summed E-state index contributed by atoms with van der Waals surface area (Å²) in [5, 5.41) is 6.97. The molecule has 0 saturated carbocycles. The molecule has 11 heteroatoms. The molecule has 178 valence electrons. The SMILES string of the molecule is Cc1c(-c2cc3cc(NC(=O)O[C@@H]4Cc5nccn5C4)ncc3c(N)c2F)cnc2c1NCCO2. The highest BCUT2D eigenvalue weighted by Crippen LogP contribution is 2.39. The van der Waals surface area contributed by atoms with E-state index in [1.54, 1.807) is 24.5 Å². The third-order valence-corrected chi connectivity index (χ3v) is 6.35. The van der Waals surface area contributed by atoms with Gasteiger partial charge < -0.3 is 25.1 Å². The van der Waals surface area contributed by atoms with Crippen LogP contribution in [0.4, 0.5) is 26.4 Å². The van der Waals surface area contributed by atoms with Crippen LogP contribution in [-0.4, -0.2) is 44.9 Å². The molecule has 4 aromatic rings. The predicted molar refractivity (Wildman–Crippen MR) is 128 cm³/mol. The maximum absolute atomic E-state index is 15.3. The fraction of sp³-hybridized carbons (Fsp3) is 0.250. The van der Waals surface area contributed by atoms with E-state index in [9.17, 15) is 4.79 Å². The number of rotatable bonds is 3. The second kappa shape index (κ2) is 8.12. The Balaban J connectivity index is 1.29. The molecule has 1 atom stereocenters. The molecule has 0 aliphatic carbocycles. The molecule has 0 fully saturated rings. The number of nitrogens with two attached hydrogens (primary N) is 1. The number of halogens is 1. The molecule has 10 nitrogen and oxygen atoms in total. The van der Waals surface area contributed by atoms with E-state index in [4.69, 9.17) is 15.2 Å². The van der Waals surface area contributed by atoms with Crippen LogP contribution in [-0.2, 0) is 17.7 Å². The molecular formula is C24H22FN7O3. The first-order valence-corrected chi connectivity index (χ1v) is 11.2. The third-order valence-electron chi connectivity index (χ3n) is 6.35. The Morgan fingerprint density at radius 1 is 1.29 bits per heavy atom. The minimum Gasteiger partial charge on any atom is -0.474 e. The Bertz CT molecular complexity index is 1470. The lowest BCUT2D eigenvalue weighted by Crippen LogP contribution is -2.23. The van der Waals surface area contributed by atoms with Crippen molar-refractivity contribution < 1.29 is 18.7 Å². The van der Waals surface area contributed by atoms with Gasteiger partial charge in [-0.25, -0.2) is 24.1 Å². The van der Waals surface area contributed by atoms with Crippen LogP contribution in [0.25, 0.3) is 21.9 Å². The first kappa shape index (κ1) is 21.1. The predicted octanol–water partition coefficient (Wildman–Crippen LogP) is 3.50. The van der Waals surface area contributed by atoms with Gasteiger partial charge in [0.2, 0.25) is 5.88 Å². The first-order chi connectivity index (χ1) is 17.0. The molecule has 0 unspecified atom stereocenters. The van der Waals surface area contributed by atoms with Crippen molar-refractivity contribution >= 4 is 34.1 Å². The number of aromatic nitrogens is 4. The molecular weight excluding hydrogens is 453 g/mol. The van der Waals surface area contributed by atoms with Crippen LogP contribution < -0.4 is 21.1 Å². The number of hydrogen-bond donors (Lipinski definition) is 3. The minimum absolute atomic E-state index is 0.0270. The van der Waals surface area contributed by atoms with Crippen molar-refractivity contribution in [3.8, 4) is 17.0 Å². The van der Waals surface area contributed by atoms with Crippen molar-refractivity contribution in [1.82, 2.24) is 19.5 Å². The number of hydrogen-bond acceptors (Lipinski definition) is 8. The number of fused-ring (bicyclic) bond motifs is 3. The maximum Gasteiger partial charge on any atom is 0.413 e. The normalized spacial score (nSPS) is 16.2. The van der Waals surface area contributed by atoms with Gasteiger partial charge in [0.05, 0.1) is 12.2 Å². The number of amides is 1. The average molecular weight is 475 g/mol. The lowest BCUT2D eigenvalue weighted by Gasteiger charge is -2.22. The average Bonchev–Trinajstić information content (AvgIpc) is 3.44. The van der Waals surface area contributed by atoms with Gasteiger partial charge in [-0.15, -0.1) is 0 Å². The number of anilines is 3. The molecule has 4 N–H and O–H groups in total. The summed E-state index contributed by atoms with van der Waals surface area (Å²) in [6.07, 6.45) is 6.22. The number of pyridine rings is 2. The second-order valence-electron chi connectivity index (χ2n) is 8.55. The number of benzene rings is 1. The Kier molecular flexibility index (Phi) is 4.90. The van der Waals surface area contributed by atoms with Crippen molar-refractivity contribution in [1.29, 1.82) is 0 Å². The zero-order valence-corrected chi connectivity index (χ0v) is 18.8. The van der Waals surface area contributed by atoms with E-state index >= 15 is 4.39 Å². The van der Waals surface area contributed by atoms with E-state index < -0.39 is 11.9 Å². The smallest absolute Gasteiger partial charge is 0.413 e. The number of ether oxygens (including phenoxy) is 2. The summed E-state index contributed by atoms with van der Waals surface area (Å²) in [5.74, 6) is 1.09. The summed E-state index contributed by atoms with van der Waals surface area (Å²) in [6.45, 7) is 3.59. The van der Waals surface area contributed by atoms with Gasteiger partial charge in [-0.2, -0.15) is 0 Å². The summed E-state index contributed by atoms with van der Waals surface area (Å²) in [7, 11) is 0. The van der Waals surface area contributed by atoms with Crippen LogP contribution in [0.5, 0.6) is 5.88 Å². The Morgan fingerprint density at radius 3 is 3.03 bits per heavy atom. The van der Waals surface area contributed by atoms with E-state index in [1.165, 1.54) is 6.20 Å². The van der Waals surface area contributed by atoms with Crippen molar-refractivity contribution in [2.24, 2.45) is 0 Å². The van der Waals surface area contributed by atoms with Crippen LogP contribution in [0, 0.1) is 12.7 Å². The summed E-state index contributed by atoms with van der Waals surface area (Å²) < 4.78 is 28.4. The molecule has 35 heavy (non-hydrogen) atoms. The molecule has 1 amide bonds. The number of imidazole rings is 1. The van der Waals surface area contributed by atoms with Gasteiger partial charge in [0, 0.05) is 54.3 Å². The molecule has 0 spiro atoms. The Hall–Kier alpha value is -4.41. The molecule has 1 aromatic carbocycles. The summed E-state index contributed by atoms with van der Waals surface area (Å²) in [6, 6.07) is 3.31. The highest BCUT2D eigenvalue weighted by atomic mass is 19.1. The van der Waals surface area contributed by atoms with Crippen molar-refractivity contribution in [3.05, 3.63) is 54.1 Å². The lowest BCUT2D eigenvalue weighted by atomic mass is 9.97. The molecule has 0 bridgehead atoms. The Morgan fingerprint density at radius 2 is 2.17 bits per heavy atom. The van der Waals surface area contributed by atoms with Gasteiger partial charge in [0.1, 0.15) is 30.0 Å². The summed E-state index contributed by atoms with van der Waals surface area (Å²) in [4.78, 5) is 25.2. The largest absolute Gasteiger partial charge is 0.474 e. The third kappa shape index (κ3) is 3.65. The van der Waals surface area contributed by atoms with Crippen molar-refractivity contribution in [2.45, 2.75) is 26.0 Å². The molecule has 3 aromatic heterocycles.